The monoisotopic (exact) mass is 325 g/mol. The first-order chi connectivity index (χ1) is 9.75. The van der Waals surface area contributed by atoms with Crippen LogP contribution in [0.15, 0.2) is 23.6 Å². The fourth-order valence-corrected chi connectivity index (χ4v) is 2.79. The number of carboxylic acids is 1. The molecule has 112 valence electrons. The molecule has 4 nitrogen and oxygen atoms in total. The molecule has 1 N–H and O–H groups in total. The van der Waals surface area contributed by atoms with Crippen LogP contribution in [0.5, 0.6) is 5.75 Å². The number of nitrogens with zero attached hydrogens (tertiary/aromatic N) is 1. The summed E-state index contributed by atoms with van der Waals surface area (Å²) < 4.78 is 5.59. The van der Waals surface area contributed by atoms with E-state index in [1.807, 2.05) is 5.38 Å². The molecular formula is C15H16ClNO3S. The fraction of sp³-hybridized carbons (Fsp3) is 0.333. The number of benzene rings is 1. The lowest BCUT2D eigenvalue weighted by Gasteiger charge is -2.14. The third-order valence-corrected chi connectivity index (χ3v) is 3.84. The van der Waals surface area contributed by atoms with Crippen LogP contribution in [0, 0.1) is 0 Å². The molecule has 0 saturated carbocycles. The minimum absolute atomic E-state index is 0.00127. The summed E-state index contributed by atoms with van der Waals surface area (Å²) in [5.41, 5.74) is 1.12. The third-order valence-electron chi connectivity index (χ3n) is 2.80. The fourth-order valence-electron chi connectivity index (χ4n) is 1.64. The van der Waals surface area contributed by atoms with Crippen LogP contribution < -0.4 is 4.74 Å². The van der Waals surface area contributed by atoms with Crippen LogP contribution in [-0.2, 0) is 12.0 Å². The molecule has 0 aliphatic carbocycles. The summed E-state index contributed by atoms with van der Waals surface area (Å²) in [5, 5.41) is 12.2. The Morgan fingerprint density at radius 3 is 2.67 bits per heavy atom. The van der Waals surface area contributed by atoms with Crippen molar-refractivity contribution in [1.82, 2.24) is 4.98 Å². The molecule has 0 spiro atoms. The van der Waals surface area contributed by atoms with Gasteiger partial charge in [0.05, 0.1) is 11.3 Å². The highest BCUT2D eigenvalue weighted by Crippen LogP contribution is 2.26. The Morgan fingerprint density at radius 2 is 2.10 bits per heavy atom. The summed E-state index contributed by atoms with van der Waals surface area (Å²) in [6.45, 7) is 6.59. The SMILES string of the molecule is CC(C)(C)c1csc(COc2cc(Cl)cc(C(=O)O)c2)n1. The number of hydrogen-bond acceptors (Lipinski definition) is 4. The van der Waals surface area contributed by atoms with Crippen molar-refractivity contribution in [3.05, 3.63) is 44.9 Å². The molecule has 2 aromatic rings. The Balaban J connectivity index is 2.10. The smallest absolute Gasteiger partial charge is 0.335 e. The Morgan fingerprint density at radius 1 is 1.38 bits per heavy atom. The lowest BCUT2D eigenvalue weighted by Crippen LogP contribution is -2.11. The predicted octanol–water partition coefficient (Wildman–Crippen LogP) is 4.37. The maximum absolute atomic E-state index is 11.0. The predicted molar refractivity (Wildman–Crippen MR) is 83.6 cm³/mol. The second-order valence-electron chi connectivity index (χ2n) is 5.65. The molecule has 6 heteroatoms. The molecule has 21 heavy (non-hydrogen) atoms. The van der Waals surface area contributed by atoms with E-state index in [1.54, 1.807) is 6.07 Å². The summed E-state index contributed by atoms with van der Waals surface area (Å²) in [4.78, 5) is 15.5. The summed E-state index contributed by atoms with van der Waals surface area (Å²) in [7, 11) is 0. The van der Waals surface area contributed by atoms with E-state index >= 15 is 0 Å². The van der Waals surface area contributed by atoms with Crippen LogP contribution in [0.4, 0.5) is 0 Å². The second-order valence-corrected chi connectivity index (χ2v) is 7.03. The quantitative estimate of drug-likeness (QED) is 0.906. The Hall–Kier alpha value is -1.59. The van der Waals surface area contributed by atoms with Gasteiger partial charge in [-0.15, -0.1) is 11.3 Å². The maximum atomic E-state index is 11.0. The van der Waals surface area contributed by atoms with Gasteiger partial charge in [-0.05, 0) is 18.2 Å². The number of halogens is 1. The topological polar surface area (TPSA) is 59.4 Å². The minimum Gasteiger partial charge on any atom is -0.486 e. The van der Waals surface area contributed by atoms with Gasteiger partial charge in [-0.2, -0.15) is 0 Å². The molecule has 1 aromatic heterocycles. The summed E-state index contributed by atoms with van der Waals surface area (Å²) in [6.07, 6.45) is 0. The van der Waals surface area contributed by atoms with Gasteiger partial charge < -0.3 is 9.84 Å². The van der Waals surface area contributed by atoms with Gasteiger partial charge in [-0.1, -0.05) is 32.4 Å². The number of ether oxygens (including phenoxy) is 1. The zero-order valence-corrected chi connectivity index (χ0v) is 13.6. The zero-order chi connectivity index (χ0) is 15.6. The molecule has 1 heterocycles. The molecule has 0 amide bonds. The van der Waals surface area contributed by atoms with E-state index in [4.69, 9.17) is 21.4 Å². The molecule has 2 rings (SSSR count). The number of aromatic nitrogens is 1. The van der Waals surface area contributed by atoms with E-state index < -0.39 is 5.97 Å². The van der Waals surface area contributed by atoms with Gasteiger partial charge >= 0.3 is 5.97 Å². The number of hydrogen-bond donors (Lipinski definition) is 1. The van der Waals surface area contributed by atoms with Crippen LogP contribution in [-0.4, -0.2) is 16.1 Å². The van der Waals surface area contributed by atoms with Gasteiger partial charge in [0, 0.05) is 15.8 Å². The maximum Gasteiger partial charge on any atom is 0.335 e. The number of thiazole rings is 1. The molecule has 0 aliphatic heterocycles. The summed E-state index contributed by atoms with van der Waals surface area (Å²) in [6, 6.07) is 4.43. The van der Waals surface area contributed by atoms with Crippen LogP contribution in [0.1, 0.15) is 41.8 Å². The molecule has 1 aromatic carbocycles. The van der Waals surface area contributed by atoms with E-state index in [0.717, 1.165) is 10.7 Å². The van der Waals surface area contributed by atoms with E-state index in [-0.39, 0.29) is 11.0 Å². The second kappa shape index (κ2) is 6.03. The normalized spacial score (nSPS) is 11.4. The van der Waals surface area contributed by atoms with Crippen LogP contribution in [0.2, 0.25) is 5.02 Å². The van der Waals surface area contributed by atoms with Crippen LogP contribution in [0.25, 0.3) is 0 Å². The number of rotatable bonds is 4. The largest absolute Gasteiger partial charge is 0.486 e. The lowest BCUT2D eigenvalue weighted by atomic mass is 9.93. The zero-order valence-electron chi connectivity index (χ0n) is 12.0. The van der Waals surface area contributed by atoms with Crippen molar-refractivity contribution in [3.8, 4) is 5.75 Å². The highest BCUT2D eigenvalue weighted by Gasteiger charge is 2.17. The Bertz CT molecular complexity index is 661. The Kier molecular flexibility index (Phi) is 4.54. The molecule has 0 unspecified atom stereocenters. The first-order valence-electron chi connectivity index (χ1n) is 6.37. The number of carboxylic acid groups (broad SMARTS) is 1. The summed E-state index contributed by atoms with van der Waals surface area (Å²) in [5.74, 6) is -0.612. The van der Waals surface area contributed by atoms with Crippen molar-refractivity contribution in [2.45, 2.75) is 32.8 Å². The van der Waals surface area contributed by atoms with Gasteiger partial charge in [0.25, 0.3) is 0 Å². The highest BCUT2D eigenvalue weighted by molar-refractivity contribution is 7.09. The van der Waals surface area contributed by atoms with Gasteiger partial charge in [0.15, 0.2) is 0 Å². The molecule has 0 fully saturated rings. The Labute approximate surface area is 132 Å². The molecule has 0 aliphatic rings. The van der Waals surface area contributed by atoms with Gasteiger partial charge in [-0.3, -0.25) is 0 Å². The van der Waals surface area contributed by atoms with Crippen molar-refractivity contribution in [3.63, 3.8) is 0 Å². The van der Waals surface area contributed by atoms with Crippen LogP contribution in [0.3, 0.4) is 0 Å². The van der Waals surface area contributed by atoms with Crippen molar-refractivity contribution in [2.75, 3.05) is 0 Å². The van der Waals surface area contributed by atoms with E-state index in [1.165, 1.54) is 23.5 Å². The number of carbonyl (C=O) groups is 1. The van der Waals surface area contributed by atoms with E-state index in [0.29, 0.717) is 17.4 Å². The molecular weight excluding hydrogens is 310 g/mol. The highest BCUT2D eigenvalue weighted by atomic mass is 35.5. The first kappa shape index (κ1) is 15.8. The van der Waals surface area contributed by atoms with Crippen molar-refractivity contribution in [2.24, 2.45) is 0 Å². The van der Waals surface area contributed by atoms with Crippen LogP contribution >= 0.6 is 22.9 Å². The molecule has 0 radical (unpaired) electrons. The summed E-state index contributed by atoms with van der Waals surface area (Å²) >= 11 is 7.41. The molecule has 0 saturated heterocycles. The number of aromatic carboxylic acids is 1. The average Bonchev–Trinajstić information content (AvgIpc) is 2.84. The van der Waals surface area contributed by atoms with Crippen molar-refractivity contribution < 1.29 is 14.6 Å². The average molecular weight is 326 g/mol. The van der Waals surface area contributed by atoms with Gasteiger partial charge in [0.2, 0.25) is 0 Å². The van der Waals surface area contributed by atoms with E-state index in [9.17, 15) is 4.79 Å². The first-order valence-corrected chi connectivity index (χ1v) is 7.63. The van der Waals surface area contributed by atoms with Gasteiger partial charge in [0.1, 0.15) is 17.4 Å². The molecule has 0 atom stereocenters. The van der Waals surface area contributed by atoms with Crippen molar-refractivity contribution in [1.29, 1.82) is 0 Å². The lowest BCUT2D eigenvalue weighted by molar-refractivity contribution is 0.0696. The molecule has 0 bridgehead atoms. The van der Waals surface area contributed by atoms with Crippen molar-refractivity contribution >= 4 is 28.9 Å². The third kappa shape index (κ3) is 4.19. The van der Waals surface area contributed by atoms with E-state index in [2.05, 4.69) is 25.8 Å². The minimum atomic E-state index is -1.04. The standard InChI is InChI=1S/C15H16ClNO3S/c1-15(2,3)12-8-21-13(17-12)7-20-11-5-9(14(18)19)4-10(16)6-11/h4-6,8H,7H2,1-3H3,(H,18,19). The van der Waals surface area contributed by atoms with Gasteiger partial charge in [-0.25, -0.2) is 9.78 Å².